The van der Waals surface area contributed by atoms with Gasteiger partial charge in [-0.25, -0.2) is 4.85 Å². The summed E-state index contributed by atoms with van der Waals surface area (Å²) < 4.78 is 0. The molecule has 0 atom stereocenters. The first-order valence-corrected chi connectivity index (χ1v) is 30.8. The first-order chi connectivity index (χ1) is 33.1. The number of fused-ring (bicyclic) bond motifs is 7. The van der Waals surface area contributed by atoms with Gasteiger partial charge in [-0.15, -0.1) is 0 Å². The Morgan fingerprint density at radius 1 is 0.464 bits per heavy atom. The van der Waals surface area contributed by atoms with E-state index >= 15 is 0 Å². The summed E-state index contributed by atoms with van der Waals surface area (Å²) in [5, 5.41) is 17.4. The van der Waals surface area contributed by atoms with Crippen molar-refractivity contribution in [1.29, 1.82) is 5.26 Å². The van der Waals surface area contributed by atoms with E-state index in [0.29, 0.717) is 11.3 Å². The second-order valence-electron chi connectivity index (χ2n) is 21.0. The van der Waals surface area contributed by atoms with Crippen LogP contribution in [0.4, 0.5) is 39.8 Å². The van der Waals surface area contributed by atoms with Crippen LogP contribution in [0.25, 0.3) is 49.7 Å². The van der Waals surface area contributed by atoms with Gasteiger partial charge in [-0.1, -0.05) is 167 Å². The molecule has 0 heterocycles. The van der Waals surface area contributed by atoms with Gasteiger partial charge in [-0.2, -0.15) is 5.26 Å². The lowest BCUT2D eigenvalue weighted by Crippen LogP contribution is -2.37. The summed E-state index contributed by atoms with van der Waals surface area (Å²) in [7, 11) is -2.93. The summed E-state index contributed by atoms with van der Waals surface area (Å²) in [6.07, 6.45) is 4.41. The molecule has 0 unspecified atom stereocenters. The topological polar surface area (TPSA) is 34.6 Å². The zero-order chi connectivity index (χ0) is 48.2. The summed E-state index contributed by atoms with van der Waals surface area (Å²) in [5.41, 5.74) is 15.1. The molecule has 0 bridgehead atoms. The molecular formula is C63H56N4Si2. The van der Waals surface area contributed by atoms with Crippen LogP contribution < -0.4 is 20.2 Å². The van der Waals surface area contributed by atoms with E-state index in [1.807, 2.05) is 48.5 Å². The molecule has 0 saturated heterocycles. The largest absolute Gasteiger partial charge is 0.311 e. The van der Waals surface area contributed by atoms with Crippen LogP contribution in [-0.4, -0.2) is 16.1 Å². The van der Waals surface area contributed by atoms with Crippen molar-refractivity contribution in [3.63, 3.8) is 0 Å². The summed E-state index contributed by atoms with van der Waals surface area (Å²) in [4.78, 5) is 8.19. The van der Waals surface area contributed by atoms with Crippen molar-refractivity contribution in [2.45, 2.75) is 58.5 Å². The van der Waals surface area contributed by atoms with Gasteiger partial charge in [0.2, 0.25) is 0 Å². The Kier molecular flexibility index (Phi) is 11.4. The highest BCUT2D eigenvalue weighted by Gasteiger charge is 2.38. The number of benzene rings is 9. The van der Waals surface area contributed by atoms with Crippen molar-refractivity contribution in [1.82, 2.24) is 0 Å². The van der Waals surface area contributed by atoms with E-state index in [4.69, 9.17) is 6.57 Å². The van der Waals surface area contributed by atoms with Crippen LogP contribution >= 0.6 is 0 Å². The average Bonchev–Trinajstić information content (AvgIpc) is 3.60. The molecule has 0 spiro atoms. The molecule has 69 heavy (non-hydrogen) atoms. The molecule has 0 fully saturated rings. The van der Waals surface area contributed by atoms with Gasteiger partial charge in [0.1, 0.15) is 0 Å². The molecule has 0 radical (unpaired) electrons. The Morgan fingerprint density at radius 3 is 1.33 bits per heavy atom. The van der Waals surface area contributed by atoms with E-state index in [0.717, 1.165) is 45.3 Å². The van der Waals surface area contributed by atoms with Crippen LogP contribution in [0.1, 0.15) is 41.7 Å². The highest BCUT2D eigenvalue weighted by atomic mass is 28.3. The number of nitrogens with zero attached hydrogens (tertiary/aromatic N) is 4. The lowest BCUT2D eigenvalue weighted by Gasteiger charge is -2.28. The fourth-order valence-electron chi connectivity index (χ4n) is 10.2. The predicted molar refractivity (Wildman–Crippen MR) is 301 cm³/mol. The van der Waals surface area contributed by atoms with Crippen molar-refractivity contribution >= 4 is 100 Å². The van der Waals surface area contributed by atoms with E-state index in [1.165, 1.54) is 54.2 Å². The normalized spacial score (nSPS) is 13.0. The third-order valence-corrected chi connectivity index (χ3v) is 18.1. The van der Waals surface area contributed by atoms with Crippen LogP contribution in [-0.2, 0) is 5.41 Å². The molecule has 336 valence electrons. The molecule has 6 heteroatoms. The van der Waals surface area contributed by atoms with E-state index in [1.54, 1.807) is 0 Å². The van der Waals surface area contributed by atoms with Gasteiger partial charge in [-0.3, -0.25) is 0 Å². The Morgan fingerprint density at radius 2 is 0.855 bits per heavy atom. The standard InChI is InChI=1S/C63H56N4Si2/c1-63(2)61-57-36-16-44(11-10-43-12-21-49(22-13-43)66(51-25-19-48(65-3)20-26-51)52-27-32-55(33-28-52)68(4,5)6)40-46(57)17-37-59(61)60-38-18-47-41-54(31-39-58(47)62(60)63)67(50-23-14-45(42-64)15-24-50)53-29-34-56(35-30-53)69(7,8)9/h10-41H,1-2,4-9H3/b11-10+. The molecular weight excluding hydrogens is 869 g/mol. The minimum Gasteiger partial charge on any atom is -0.311 e. The lowest BCUT2D eigenvalue weighted by atomic mass is 9.78. The van der Waals surface area contributed by atoms with E-state index in [9.17, 15) is 5.26 Å². The Labute approximate surface area is 409 Å². The molecule has 1 aliphatic carbocycles. The smallest absolute Gasteiger partial charge is 0.187 e. The average molecular weight is 925 g/mol. The highest BCUT2D eigenvalue weighted by molar-refractivity contribution is 6.89. The molecule has 4 nitrogen and oxygen atoms in total. The zero-order valence-electron chi connectivity index (χ0n) is 40.8. The third-order valence-electron chi connectivity index (χ3n) is 13.9. The maximum atomic E-state index is 9.57. The monoisotopic (exact) mass is 924 g/mol. The molecule has 0 aromatic heterocycles. The van der Waals surface area contributed by atoms with Crippen molar-refractivity contribution in [2.24, 2.45) is 0 Å². The van der Waals surface area contributed by atoms with E-state index in [2.05, 4.69) is 219 Å². The van der Waals surface area contributed by atoms with E-state index in [-0.39, 0.29) is 5.41 Å². The Balaban J connectivity index is 0.940. The minimum absolute atomic E-state index is 0.229. The van der Waals surface area contributed by atoms with Crippen molar-refractivity contribution in [2.75, 3.05) is 9.80 Å². The molecule has 0 N–H and O–H groups in total. The van der Waals surface area contributed by atoms with Crippen molar-refractivity contribution in [3.8, 4) is 17.2 Å². The SMILES string of the molecule is [C-]#[N+]c1ccc(N(c2ccc(/C=C/c3ccc4c5c(ccc4c3)-c3ccc4cc(N(c6ccc(C#N)cc6)c6ccc([Si](C)(C)C)cc6)ccc4c3C5(C)C)cc2)c2ccc([Si](C)(C)C)cc2)cc1. The maximum Gasteiger partial charge on any atom is 0.187 e. The van der Waals surface area contributed by atoms with Gasteiger partial charge in [0.15, 0.2) is 5.69 Å². The van der Waals surface area contributed by atoms with Gasteiger partial charge in [0, 0.05) is 39.5 Å². The summed E-state index contributed by atoms with van der Waals surface area (Å²) >= 11 is 0. The predicted octanol–water partition coefficient (Wildman–Crippen LogP) is 16.9. The first-order valence-electron chi connectivity index (χ1n) is 23.8. The van der Waals surface area contributed by atoms with Crippen molar-refractivity contribution < 1.29 is 0 Å². The summed E-state index contributed by atoms with van der Waals surface area (Å²) in [6.45, 7) is 26.5. The number of anilines is 6. The minimum atomic E-state index is -1.48. The fourth-order valence-corrected chi connectivity index (χ4v) is 12.6. The Hall–Kier alpha value is -7.75. The highest BCUT2D eigenvalue weighted by Crippen LogP contribution is 2.54. The van der Waals surface area contributed by atoms with Gasteiger partial charge in [-0.05, 0) is 146 Å². The second kappa shape index (κ2) is 17.4. The molecule has 9 aromatic rings. The molecule has 0 saturated carbocycles. The second-order valence-corrected chi connectivity index (χ2v) is 31.1. The number of hydrogen-bond acceptors (Lipinski definition) is 3. The van der Waals surface area contributed by atoms with Crippen LogP contribution in [0.2, 0.25) is 39.3 Å². The van der Waals surface area contributed by atoms with Gasteiger partial charge >= 0.3 is 0 Å². The van der Waals surface area contributed by atoms with Crippen LogP contribution in [0.3, 0.4) is 0 Å². The number of hydrogen-bond donors (Lipinski definition) is 0. The van der Waals surface area contributed by atoms with Gasteiger partial charge in [0.05, 0.1) is 34.4 Å². The fraction of sp³-hybridized carbons (Fsp3) is 0.143. The van der Waals surface area contributed by atoms with Crippen LogP contribution in [0.15, 0.2) is 182 Å². The molecule has 0 amide bonds. The molecule has 1 aliphatic rings. The first kappa shape index (κ1) is 45.1. The van der Waals surface area contributed by atoms with Crippen LogP contribution in [0, 0.1) is 17.9 Å². The summed E-state index contributed by atoms with van der Waals surface area (Å²) in [6, 6.07) is 67.8. The van der Waals surface area contributed by atoms with E-state index < -0.39 is 16.1 Å². The zero-order valence-corrected chi connectivity index (χ0v) is 42.8. The third kappa shape index (κ3) is 8.48. The van der Waals surface area contributed by atoms with Gasteiger partial charge in [0.25, 0.3) is 0 Å². The number of nitriles is 1. The quantitative estimate of drug-likeness (QED) is 0.0779. The number of rotatable bonds is 10. The molecule has 10 rings (SSSR count). The molecule has 9 aromatic carbocycles. The lowest BCUT2D eigenvalue weighted by molar-refractivity contribution is 0.672. The van der Waals surface area contributed by atoms with Crippen molar-refractivity contribution in [3.05, 3.63) is 221 Å². The van der Waals surface area contributed by atoms with Crippen LogP contribution in [0.5, 0.6) is 0 Å². The van der Waals surface area contributed by atoms with Gasteiger partial charge < -0.3 is 9.80 Å². The maximum absolute atomic E-state index is 9.57. The molecule has 0 aliphatic heterocycles. The summed E-state index contributed by atoms with van der Waals surface area (Å²) in [5.74, 6) is 0. The Bertz CT molecular complexity index is 3530.